The van der Waals surface area contributed by atoms with Gasteiger partial charge < -0.3 is 10.1 Å². The molecule has 15 heavy (non-hydrogen) atoms. The number of halogens is 1. The van der Waals surface area contributed by atoms with Crippen LogP contribution in [0.15, 0.2) is 18.2 Å². The Labute approximate surface area is 96.6 Å². The lowest BCUT2D eigenvalue weighted by molar-refractivity contribution is 0.415. The number of ether oxygens (including phenoxy) is 1. The maximum absolute atomic E-state index is 6.01. The van der Waals surface area contributed by atoms with Crippen LogP contribution in [0.1, 0.15) is 20.3 Å². The van der Waals surface area contributed by atoms with Crippen molar-refractivity contribution >= 4 is 17.3 Å². The summed E-state index contributed by atoms with van der Waals surface area (Å²) in [4.78, 5) is 0. The monoisotopic (exact) mass is 227 g/mol. The third-order valence-corrected chi connectivity index (χ3v) is 2.80. The zero-order chi connectivity index (χ0) is 11.3. The maximum atomic E-state index is 6.01. The van der Waals surface area contributed by atoms with Gasteiger partial charge in [-0.15, -0.1) is 0 Å². The van der Waals surface area contributed by atoms with Crippen molar-refractivity contribution < 1.29 is 4.74 Å². The van der Waals surface area contributed by atoms with Crippen LogP contribution in [0.2, 0.25) is 5.02 Å². The summed E-state index contributed by atoms with van der Waals surface area (Å²) in [5, 5.41) is 3.99. The van der Waals surface area contributed by atoms with E-state index in [9.17, 15) is 0 Å². The van der Waals surface area contributed by atoms with E-state index in [1.807, 2.05) is 18.2 Å². The van der Waals surface area contributed by atoms with Gasteiger partial charge in [-0.2, -0.15) is 0 Å². The average molecular weight is 228 g/mol. The number of methoxy groups -OCH3 is 1. The summed E-state index contributed by atoms with van der Waals surface area (Å²) in [6.07, 6.45) is 1.18. The van der Waals surface area contributed by atoms with E-state index in [0.29, 0.717) is 16.7 Å². The third kappa shape index (κ3) is 3.63. The Morgan fingerprint density at radius 3 is 2.73 bits per heavy atom. The molecule has 0 radical (unpaired) electrons. The summed E-state index contributed by atoms with van der Waals surface area (Å²) in [5.41, 5.74) is 1.04. The second kappa shape index (κ2) is 5.86. The van der Waals surface area contributed by atoms with Gasteiger partial charge in [0.1, 0.15) is 5.75 Å². The smallest absolute Gasteiger partial charge is 0.137 e. The fraction of sp³-hybridized carbons (Fsp3) is 0.500. The first-order valence-corrected chi connectivity index (χ1v) is 5.62. The van der Waals surface area contributed by atoms with Crippen molar-refractivity contribution in [2.75, 3.05) is 19.0 Å². The normalized spacial score (nSPS) is 12.3. The molecule has 0 aromatic heterocycles. The molecular weight excluding hydrogens is 210 g/mol. The Bertz CT molecular complexity index is 314. The summed E-state index contributed by atoms with van der Waals surface area (Å²) in [6.45, 7) is 5.38. The lowest BCUT2D eigenvalue weighted by Crippen LogP contribution is -2.10. The molecule has 0 heterocycles. The van der Waals surface area contributed by atoms with Crippen LogP contribution >= 0.6 is 11.6 Å². The lowest BCUT2D eigenvalue weighted by atomic mass is 10.1. The first-order chi connectivity index (χ1) is 7.17. The standard InChI is InChI=1S/C12H18ClNO/c1-4-9(2)8-14-10-5-6-12(15-3)11(13)7-10/h5-7,9,14H,4,8H2,1-3H3/t9-/m0/s1. The Balaban J connectivity index is 2.59. The van der Waals surface area contributed by atoms with Crippen LogP contribution in [-0.4, -0.2) is 13.7 Å². The summed E-state index contributed by atoms with van der Waals surface area (Å²) in [5.74, 6) is 1.39. The highest BCUT2D eigenvalue weighted by atomic mass is 35.5. The SMILES string of the molecule is CC[C@H](C)CNc1ccc(OC)c(Cl)c1. The van der Waals surface area contributed by atoms with Gasteiger partial charge in [0.05, 0.1) is 12.1 Å². The number of anilines is 1. The van der Waals surface area contributed by atoms with Gasteiger partial charge in [0, 0.05) is 12.2 Å². The van der Waals surface area contributed by atoms with Crippen molar-refractivity contribution in [3.05, 3.63) is 23.2 Å². The van der Waals surface area contributed by atoms with Gasteiger partial charge in [-0.1, -0.05) is 31.9 Å². The molecule has 0 unspecified atom stereocenters. The molecule has 0 aliphatic carbocycles. The Hall–Kier alpha value is -0.890. The van der Waals surface area contributed by atoms with Gasteiger partial charge in [0.25, 0.3) is 0 Å². The molecular formula is C12H18ClNO. The summed E-state index contributed by atoms with van der Waals surface area (Å²) >= 11 is 6.01. The molecule has 1 rings (SSSR count). The van der Waals surface area contributed by atoms with Gasteiger partial charge in [-0.05, 0) is 24.1 Å². The van der Waals surface area contributed by atoms with E-state index in [4.69, 9.17) is 16.3 Å². The largest absolute Gasteiger partial charge is 0.495 e. The van der Waals surface area contributed by atoms with Crippen LogP contribution in [0.3, 0.4) is 0 Å². The average Bonchev–Trinajstić information content (AvgIpc) is 2.26. The molecule has 1 N–H and O–H groups in total. The van der Waals surface area contributed by atoms with Gasteiger partial charge in [0.2, 0.25) is 0 Å². The molecule has 0 aliphatic heterocycles. The molecule has 0 fully saturated rings. The molecule has 84 valence electrons. The van der Waals surface area contributed by atoms with Crippen LogP contribution < -0.4 is 10.1 Å². The summed E-state index contributed by atoms with van der Waals surface area (Å²) in [7, 11) is 1.62. The molecule has 0 saturated carbocycles. The van der Waals surface area contributed by atoms with E-state index in [-0.39, 0.29) is 0 Å². The molecule has 0 aliphatic rings. The van der Waals surface area contributed by atoms with E-state index < -0.39 is 0 Å². The number of benzene rings is 1. The zero-order valence-corrected chi connectivity index (χ0v) is 10.3. The highest BCUT2D eigenvalue weighted by Gasteiger charge is 2.02. The lowest BCUT2D eigenvalue weighted by Gasteiger charge is -2.12. The molecule has 0 saturated heterocycles. The van der Waals surface area contributed by atoms with Gasteiger partial charge in [-0.25, -0.2) is 0 Å². The predicted octanol–water partition coefficient (Wildman–Crippen LogP) is 3.81. The van der Waals surface area contributed by atoms with Crippen LogP contribution in [0, 0.1) is 5.92 Å². The fourth-order valence-electron chi connectivity index (χ4n) is 1.21. The Morgan fingerprint density at radius 1 is 1.47 bits per heavy atom. The van der Waals surface area contributed by atoms with E-state index >= 15 is 0 Å². The van der Waals surface area contributed by atoms with Gasteiger partial charge in [0.15, 0.2) is 0 Å². The predicted molar refractivity (Wildman–Crippen MR) is 65.9 cm³/mol. The quantitative estimate of drug-likeness (QED) is 0.826. The number of hydrogen-bond donors (Lipinski definition) is 1. The van der Waals surface area contributed by atoms with E-state index in [0.717, 1.165) is 12.2 Å². The van der Waals surface area contributed by atoms with Crippen LogP contribution in [0.4, 0.5) is 5.69 Å². The topological polar surface area (TPSA) is 21.3 Å². The van der Waals surface area contributed by atoms with Crippen molar-refractivity contribution in [1.29, 1.82) is 0 Å². The Morgan fingerprint density at radius 2 is 2.20 bits per heavy atom. The van der Waals surface area contributed by atoms with Crippen molar-refractivity contribution in [2.45, 2.75) is 20.3 Å². The second-order valence-corrected chi connectivity index (χ2v) is 4.15. The van der Waals surface area contributed by atoms with Crippen molar-refractivity contribution in [1.82, 2.24) is 0 Å². The summed E-state index contributed by atoms with van der Waals surface area (Å²) in [6, 6.07) is 5.75. The molecule has 0 amide bonds. The van der Waals surface area contributed by atoms with E-state index in [1.165, 1.54) is 6.42 Å². The maximum Gasteiger partial charge on any atom is 0.137 e. The van der Waals surface area contributed by atoms with E-state index in [1.54, 1.807) is 7.11 Å². The zero-order valence-electron chi connectivity index (χ0n) is 9.51. The highest BCUT2D eigenvalue weighted by Crippen LogP contribution is 2.27. The summed E-state index contributed by atoms with van der Waals surface area (Å²) < 4.78 is 5.09. The molecule has 1 atom stereocenters. The Kier molecular flexibility index (Phi) is 4.76. The first-order valence-electron chi connectivity index (χ1n) is 5.24. The minimum absolute atomic E-state index is 0.645. The van der Waals surface area contributed by atoms with Crippen LogP contribution in [0.5, 0.6) is 5.75 Å². The molecule has 0 bridgehead atoms. The van der Waals surface area contributed by atoms with Crippen molar-refractivity contribution in [2.24, 2.45) is 5.92 Å². The molecule has 0 spiro atoms. The number of nitrogens with one attached hydrogen (secondary N) is 1. The molecule has 3 heteroatoms. The molecule has 2 nitrogen and oxygen atoms in total. The number of rotatable bonds is 5. The second-order valence-electron chi connectivity index (χ2n) is 3.74. The van der Waals surface area contributed by atoms with Crippen molar-refractivity contribution in [3.8, 4) is 5.75 Å². The molecule has 1 aromatic rings. The minimum Gasteiger partial charge on any atom is -0.495 e. The highest BCUT2D eigenvalue weighted by molar-refractivity contribution is 6.32. The van der Waals surface area contributed by atoms with Crippen LogP contribution in [-0.2, 0) is 0 Å². The number of hydrogen-bond acceptors (Lipinski definition) is 2. The van der Waals surface area contributed by atoms with E-state index in [2.05, 4.69) is 19.2 Å². The van der Waals surface area contributed by atoms with Gasteiger partial charge >= 0.3 is 0 Å². The van der Waals surface area contributed by atoms with Gasteiger partial charge in [-0.3, -0.25) is 0 Å². The minimum atomic E-state index is 0.645. The molecule has 1 aromatic carbocycles. The third-order valence-electron chi connectivity index (χ3n) is 2.50. The van der Waals surface area contributed by atoms with Crippen LogP contribution in [0.25, 0.3) is 0 Å². The van der Waals surface area contributed by atoms with Crippen molar-refractivity contribution in [3.63, 3.8) is 0 Å². The fourth-order valence-corrected chi connectivity index (χ4v) is 1.47. The first kappa shape index (κ1) is 12.2.